The molecule has 5 nitrogen and oxygen atoms in total. The molecule has 0 aliphatic heterocycles. The number of hydrogen-bond acceptors (Lipinski definition) is 4. The van der Waals surface area contributed by atoms with E-state index in [9.17, 15) is 4.79 Å². The predicted octanol–water partition coefficient (Wildman–Crippen LogP) is 1.73. The summed E-state index contributed by atoms with van der Waals surface area (Å²) in [4.78, 5) is 18.8. The van der Waals surface area contributed by atoms with E-state index in [1.165, 1.54) is 6.33 Å². The van der Waals surface area contributed by atoms with E-state index in [1.807, 2.05) is 19.9 Å². The SMILES string of the molecule is CC(CNc1cc(C(C)C)ncn1)C(=O)O. The normalized spacial score (nSPS) is 12.5. The van der Waals surface area contributed by atoms with Gasteiger partial charge >= 0.3 is 5.97 Å². The van der Waals surface area contributed by atoms with Crippen LogP contribution in [0, 0.1) is 5.92 Å². The zero-order chi connectivity index (χ0) is 12.1. The summed E-state index contributed by atoms with van der Waals surface area (Å²) < 4.78 is 0. The van der Waals surface area contributed by atoms with Gasteiger partial charge in [-0.15, -0.1) is 0 Å². The van der Waals surface area contributed by atoms with E-state index in [2.05, 4.69) is 15.3 Å². The Morgan fingerprint density at radius 2 is 2.12 bits per heavy atom. The van der Waals surface area contributed by atoms with Gasteiger partial charge in [-0.25, -0.2) is 9.97 Å². The Labute approximate surface area is 94.9 Å². The number of aromatic nitrogens is 2. The smallest absolute Gasteiger partial charge is 0.308 e. The van der Waals surface area contributed by atoms with Gasteiger partial charge in [-0.1, -0.05) is 20.8 Å². The third-order valence-corrected chi connectivity index (χ3v) is 2.29. The molecule has 0 saturated heterocycles. The molecule has 1 rings (SSSR count). The summed E-state index contributed by atoms with van der Waals surface area (Å²) >= 11 is 0. The van der Waals surface area contributed by atoms with E-state index in [4.69, 9.17) is 5.11 Å². The number of carboxylic acid groups (broad SMARTS) is 1. The highest BCUT2D eigenvalue weighted by atomic mass is 16.4. The first-order chi connectivity index (χ1) is 7.50. The maximum absolute atomic E-state index is 10.6. The lowest BCUT2D eigenvalue weighted by Gasteiger charge is -2.10. The second kappa shape index (κ2) is 5.44. The van der Waals surface area contributed by atoms with Crippen LogP contribution < -0.4 is 5.32 Å². The van der Waals surface area contributed by atoms with Crippen molar-refractivity contribution < 1.29 is 9.90 Å². The van der Waals surface area contributed by atoms with Crippen LogP contribution in [0.4, 0.5) is 5.82 Å². The molecule has 88 valence electrons. The summed E-state index contributed by atoms with van der Waals surface area (Å²) in [5, 5.41) is 11.7. The van der Waals surface area contributed by atoms with Crippen LogP contribution in [0.2, 0.25) is 0 Å². The summed E-state index contributed by atoms with van der Waals surface area (Å²) in [5.74, 6) is -0.240. The van der Waals surface area contributed by atoms with Crippen molar-refractivity contribution in [3.63, 3.8) is 0 Å². The Bertz CT molecular complexity index is 366. The second-order valence-corrected chi connectivity index (χ2v) is 4.10. The maximum atomic E-state index is 10.6. The Kier molecular flexibility index (Phi) is 4.22. The van der Waals surface area contributed by atoms with Crippen LogP contribution in [-0.4, -0.2) is 27.6 Å². The lowest BCUT2D eigenvalue weighted by molar-refractivity contribution is -0.140. The van der Waals surface area contributed by atoms with Gasteiger partial charge in [0, 0.05) is 18.3 Å². The van der Waals surface area contributed by atoms with Gasteiger partial charge in [-0.3, -0.25) is 4.79 Å². The van der Waals surface area contributed by atoms with Crippen molar-refractivity contribution in [2.45, 2.75) is 26.7 Å². The van der Waals surface area contributed by atoms with Gasteiger partial charge in [0.2, 0.25) is 0 Å². The van der Waals surface area contributed by atoms with E-state index in [-0.39, 0.29) is 0 Å². The molecule has 2 N–H and O–H groups in total. The van der Waals surface area contributed by atoms with Crippen molar-refractivity contribution in [1.29, 1.82) is 0 Å². The van der Waals surface area contributed by atoms with E-state index < -0.39 is 11.9 Å². The third kappa shape index (κ3) is 3.49. The molecule has 1 atom stereocenters. The predicted molar refractivity (Wildman–Crippen MR) is 61.4 cm³/mol. The van der Waals surface area contributed by atoms with Crippen molar-refractivity contribution in [2.24, 2.45) is 5.92 Å². The minimum atomic E-state index is -0.814. The van der Waals surface area contributed by atoms with Gasteiger partial charge in [0.15, 0.2) is 0 Å². The van der Waals surface area contributed by atoms with E-state index in [1.54, 1.807) is 6.92 Å². The molecule has 0 saturated carbocycles. The molecule has 0 fully saturated rings. The number of hydrogen-bond donors (Lipinski definition) is 2. The molecule has 0 aliphatic carbocycles. The standard InChI is InChI=1S/C11H17N3O2/c1-7(2)9-4-10(14-6-13-9)12-5-8(3)11(15)16/h4,6-8H,5H2,1-3H3,(H,15,16)(H,12,13,14). The molecule has 0 radical (unpaired) electrons. The molecule has 1 heterocycles. The number of carboxylic acids is 1. The largest absolute Gasteiger partial charge is 0.481 e. The molecule has 5 heteroatoms. The summed E-state index contributed by atoms with van der Waals surface area (Å²) in [6, 6.07) is 1.85. The van der Waals surface area contributed by atoms with Crippen LogP contribution >= 0.6 is 0 Å². The van der Waals surface area contributed by atoms with Crippen molar-refractivity contribution in [1.82, 2.24) is 9.97 Å². The van der Waals surface area contributed by atoms with E-state index in [0.717, 1.165) is 5.69 Å². The summed E-state index contributed by atoms with van der Waals surface area (Å²) in [5.41, 5.74) is 0.945. The average Bonchev–Trinajstić information content (AvgIpc) is 2.26. The van der Waals surface area contributed by atoms with E-state index in [0.29, 0.717) is 18.3 Å². The molecule has 16 heavy (non-hydrogen) atoms. The molecule has 0 amide bonds. The highest BCUT2D eigenvalue weighted by Gasteiger charge is 2.10. The summed E-state index contributed by atoms with van der Waals surface area (Å²) in [6.45, 7) is 6.11. The summed E-state index contributed by atoms with van der Waals surface area (Å²) in [7, 11) is 0. The van der Waals surface area contributed by atoms with Crippen LogP contribution in [0.3, 0.4) is 0 Å². The zero-order valence-corrected chi connectivity index (χ0v) is 9.77. The minimum absolute atomic E-state index is 0.334. The number of nitrogens with zero attached hydrogens (tertiary/aromatic N) is 2. The van der Waals surface area contributed by atoms with Gasteiger partial charge < -0.3 is 10.4 Å². The van der Waals surface area contributed by atoms with E-state index >= 15 is 0 Å². The molecule has 0 aliphatic rings. The topological polar surface area (TPSA) is 75.1 Å². The fraction of sp³-hybridized carbons (Fsp3) is 0.545. The molecule has 0 spiro atoms. The molecule has 1 aromatic rings. The third-order valence-electron chi connectivity index (χ3n) is 2.29. The van der Waals surface area contributed by atoms with Crippen molar-refractivity contribution in [2.75, 3.05) is 11.9 Å². The van der Waals surface area contributed by atoms with Crippen LogP contribution in [0.15, 0.2) is 12.4 Å². The first kappa shape index (κ1) is 12.4. The van der Waals surface area contributed by atoms with Gasteiger partial charge in [0.05, 0.1) is 5.92 Å². The molecular weight excluding hydrogens is 206 g/mol. The summed E-state index contributed by atoms with van der Waals surface area (Å²) in [6.07, 6.45) is 1.49. The Morgan fingerprint density at radius 1 is 1.44 bits per heavy atom. The fourth-order valence-electron chi connectivity index (χ4n) is 1.13. The molecule has 1 unspecified atom stereocenters. The highest BCUT2D eigenvalue weighted by molar-refractivity contribution is 5.70. The number of aliphatic carboxylic acids is 1. The van der Waals surface area contributed by atoms with Crippen molar-refractivity contribution in [3.8, 4) is 0 Å². The Balaban J connectivity index is 2.60. The first-order valence-corrected chi connectivity index (χ1v) is 5.29. The average molecular weight is 223 g/mol. The monoisotopic (exact) mass is 223 g/mol. The van der Waals surface area contributed by atoms with Crippen molar-refractivity contribution >= 4 is 11.8 Å². The van der Waals surface area contributed by atoms with Gasteiger partial charge in [-0.05, 0) is 5.92 Å². The number of carbonyl (C=O) groups is 1. The minimum Gasteiger partial charge on any atom is -0.481 e. The Hall–Kier alpha value is -1.65. The molecular formula is C11H17N3O2. The zero-order valence-electron chi connectivity index (χ0n) is 9.77. The fourth-order valence-corrected chi connectivity index (χ4v) is 1.13. The second-order valence-electron chi connectivity index (χ2n) is 4.10. The van der Waals surface area contributed by atoms with Crippen LogP contribution in [-0.2, 0) is 4.79 Å². The highest BCUT2D eigenvalue weighted by Crippen LogP contribution is 2.13. The molecule has 0 bridgehead atoms. The quantitative estimate of drug-likeness (QED) is 0.795. The van der Waals surface area contributed by atoms with Crippen LogP contribution in [0.1, 0.15) is 32.4 Å². The van der Waals surface area contributed by atoms with Crippen molar-refractivity contribution in [3.05, 3.63) is 18.1 Å². The number of rotatable bonds is 5. The lowest BCUT2D eigenvalue weighted by Crippen LogP contribution is -2.20. The Morgan fingerprint density at radius 3 is 2.69 bits per heavy atom. The van der Waals surface area contributed by atoms with Gasteiger partial charge in [0.1, 0.15) is 12.1 Å². The number of nitrogens with one attached hydrogen (secondary N) is 1. The maximum Gasteiger partial charge on any atom is 0.308 e. The van der Waals surface area contributed by atoms with Gasteiger partial charge in [0.25, 0.3) is 0 Å². The molecule has 1 aromatic heterocycles. The first-order valence-electron chi connectivity index (χ1n) is 5.29. The number of anilines is 1. The van der Waals surface area contributed by atoms with Gasteiger partial charge in [-0.2, -0.15) is 0 Å². The van der Waals surface area contributed by atoms with Crippen LogP contribution in [0.25, 0.3) is 0 Å². The lowest BCUT2D eigenvalue weighted by atomic mass is 10.1. The van der Waals surface area contributed by atoms with Crippen LogP contribution in [0.5, 0.6) is 0 Å². The molecule has 0 aromatic carbocycles.